The quantitative estimate of drug-likeness (QED) is 0.693. The molecule has 6 nitrogen and oxygen atoms in total. The van der Waals surface area contributed by atoms with Gasteiger partial charge in [-0.2, -0.15) is 0 Å². The van der Waals surface area contributed by atoms with Gasteiger partial charge in [-0.15, -0.1) is 0 Å². The standard InChI is InChI=1S/C22H23FN4O2/c23-19-5-1-3-16(11-19)15-27-9-6-18(7-10-27)20-12-21(29-26-20)22(28)25-14-17-4-2-8-24-13-17/h1-5,8,11-13,18H,6-7,9-10,14-15H2,(H,25,28). The number of hydrogen-bond acceptors (Lipinski definition) is 5. The molecule has 1 fully saturated rings. The molecule has 0 saturated carbocycles. The molecule has 1 aromatic carbocycles. The van der Waals surface area contributed by atoms with Gasteiger partial charge in [0.25, 0.3) is 5.91 Å². The van der Waals surface area contributed by atoms with Crippen LogP contribution in [0.25, 0.3) is 0 Å². The summed E-state index contributed by atoms with van der Waals surface area (Å²) in [7, 11) is 0. The molecule has 3 heterocycles. The lowest BCUT2D eigenvalue weighted by Gasteiger charge is -2.31. The molecule has 0 radical (unpaired) electrons. The molecule has 1 aliphatic heterocycles. The zero-order chi connectivity index (χ0) is 20.1. The van der Waals surface area contributed by atoms with E-state index in [1.54, 1.807) is 30.6 Å². The molecule has 150 valence electrons. The number of nitrogens with one attached hydrogen (secondary N) is 1. The maximum absolute atomic E-state index is 13.4. The van der Waals surface area contributed by atoms with Crippen LogP contribution >= 0.6 is 0 Å². The lowest BCUT2D eigenvalue weighted by Crippen LogP contribution is -2.32. The Morgan fingerprint density at radius 1 is 1.17 bits per heavy atom. The molecular weight excluding hydrogens is 371 g/mol. The Balaban J connectivity index is 1.28. The van der Waals surface area contributed by atoms with Gasteiger partial charge in [-0.25, -0.2) is 4.39 Å². The summed E-state index contributed by atoms with van der Waals surface area (Å²) in [6.07, 6.45) is 5.26. The van der Waals surface area contributed by atoms with Crippen LogP contribution in [-0.4, -0.2) is 34.0 Å². The summed E-state index contributed by atoms with van der Waals surface area (Å²) in [5.74, 6) is 0.0129. The van der Waals surface area contributed by atoms with Gasteiger partial charge in [0.1, 0.15) is 5.82 Å². The number of amides is 1. The number of carbonyl (C=O) groups excluding carboxylic acids is 1. The van der Waals surface area contributed by atoms with E-state index in [1.807, 2.05) is 18.2 Å². The minimum atomic E-state index is -0.281. The Kier molecular flexibility index (Phi) is 5.95. The average molecular weight is 394 g/mol. The maximum atomic E-state index is 13.4. The minimum absolute atomic E-state index is 0.200. The van der Waals surface area contributed by atoms with Gasteiger partial charge in [0.05, 0.1) is 5.69 Å². The Morgan fingerprint density at radius 2 is 2.00 bits per heavy atom. The van der Waals surface area contributed by atoms with Crippen molar-refractivity contribution in [2.45, 2.75) is 31.8 Å². The number of hydrogen-bond donors (Lipinski definition) is 1. The minimum Gasteiger partial charge on any atom is -0.351 e. The van der Waals surface area contributed by atoms with E-state index >= 15 is 0 Å². The molecule has 7 heteroatoms. The van der Waals surface area contributed by atoms with Crippen molar-refractivity contribution in [1.29, 1.82) is 0 Å². The number of aromatic nitrogens is 2. The van der Waals surface area contributed by atoms with Crippen molar-refractivity contribution in [1.82, 2.24) is 20.4 Å². The number of benzene rings is 1. The summed E-state index contributed by atoms with van der Waals surface area (Å²) < 4.78 is 18.6. The lowest BCUT2D eigenvalue weighted by atomic mass is 9.93. The molecule has 1 saturated heterocycles. The molecule has 4 rings (SSSR count). The van der Waals surface area contributed by atoms with Gasteiger partial charge in [-0.3, -0.25) is 14.7 Å². The Labute approximate surface area is 168 Å². The molecule has 29 heavy (non-hydrogen) atoms. The normalized spacial score (nSPS) is 15.3. The van der Waals surface area contributed by atoms with Gasteiger partial charge in [0.2, 0.25) is 5.76 Å². The first-order valence-electron chi connectivity index (χ1n) is 9.78. The van der Waals surface area contributed by atoms with E-state index < -0.39 is 0 Å². The third-order valence-corrected chi connectivity index (χ3v) is 5.23. The van der Waals surface area contributed by atoms with Crippen LogP contribution in [0.5, 0.6) is 0 Å². The highest BCUT2D eigenvalue weighted by Crippen LogP contribution is 2.28. The number of halogens is 1. The van der Waals surface area contributed by atoms with E-state index in [0.717, 1.165) is 49.3 Å². The number of piperidine rings is 1. The predicted octanol–water partition coefficient (Wildman–Crippen LogP) is 3.52. The Bertz CT molecular complexity index is 952. The molecule has 0 aliphatic carbocycles. The second-order valence-corrected chi connectivity index (χ2v) is 7.34. The fourth-order valence-corrected chi connectivity index (χ4v) is 3.64. The SMILES string of the molecule is O=C(NCc1cccnc1)c1cc(C2CCN(Cc3cccc(F)c3)CC2)no1. The molecule has 0 atom stereocenters. The highest BCUT2D eigenvalue weighted by atomic mass is 19.1. The third kappa shape index (κ3) is 5.06. The second-order valence-electron chi connectivity index (χ2n) is 7.34. The number of pyridine rings is 1. The molecule has 0 bridgehead atoms. The van der Waals surface area contributed by atoms with Gasteiger partial charge >= 0.3 is 0 Å². The van der Waals surface area contributed by atoms with Crippen LogP contribution in [0, 0.1) is 5.82 Å². The van der Waals surface area contributed by atoms with Gasteiger partial charge in [-0.05, 0) is 55.3 Å². The Hall–Kier alpha value is -3.06. The number of carbonyl (C=O) groups is 1. The summed E-state index contributed by atoms with van der Waals surface area (Å²) >= 11 is 0. The largest absolute Gasteiger partial charge is 0.351 e. The first kappa shape index (κ1) is 19.3. The van der Waals surface area contributed by atoms with Crippen molar-refractivity contribution in [3.8, 4) is 0 Å². The van der Waals surface area contributed by atoms with Gasteiger partial charge in [-0.1, -0.05) is 23.4 Å². The van der Waals surface area contributed by atoms with E-state index in [9.17, 15) is 9.18 Å². The smallest absolute Gasteiger partial charge is 0.290 e. The topological polar surface area (TPSA) is 71.3 Å². The van der Waals surface area contributed by atoms with E-state index in [2.05, 4.69) is 20.4 Å². The van der Waals surface area contributed by atoms with E-state index in [4.69, 9.17) is 4.52 Å². The van der Waals surface area contributed by atoms with Crippen molar-refractivity contribution in [3.05, 3.63) is 83.3 Å². The van der Waals surface area contributed by atoms with Crippen LogP contribution in [-0.2, 0) is 13.1 Å². The fraction of sp³-hybridized carbons (Fsp3) is 0.318. The molecule has 1 aliphatic rings. The molecule has 0 unspecified atom stereocenters. The van der Waals surface area contributed by atoms with E-state index in [0.29, 0.717) is 6.54 Å². The van der Waals surface area contributed by atoms with Crippen molar-refractivity contribution in [3.63, 3.8) is 0 Å². The fourth-order valence-electron chi connectivity index (χ4n) is 3.64. The molecule has 0 spiro atoms. The molecular formula is C22H23FN4O2. The van der Waals surface area contributed by atoms with Crippen LogP contribution in [0.3, 0.4) is 0 Å². The summed E-state index contributed by atoms with van der Waals surface area (Å²) in [5, 5.41) is 6.94. The average Bonchev–Trinajstić information content (AvgIpc) is 3.24. The van der Waals surface area contributed by atoms with Gasteiger partial charge < -0.3 is 9.84 Å². The number of rotatable bonds is 6. The predicted molar refractivity (Wildman–Crippen MR) is 106 cm³/mol. The zero-order valence-electron chi connectivity index (χ0n) is 16.1. The van der Waals surface area contributed by atoms with Crippen molar-refractivity contribution in [2.75, 3.05) is 13.1 Å². The van der Waals surface area contributed by atoms with Crippen LogP contribution < -0.4 is 5.32 Å². The molecule has 3 aromatic rings. The van der Waals surface area contributed by atoms with Crippen LogP contribution in [0.1, 0.15) is 46.1 Å². The monoisotopic (exact) mass is 394 g/mol. The molecule has 1 N–H and O–H groups in total. The highest BCUT2D eigenvalue weighted by Gasteiger charge is 2.24. The van der Waals surface area contributed by atoms with Crippen molar-refractivity contribution < 1.29 is 13.7 Å². The lowest BCUT2D eigenvalue weighted by molar-refractivity contribution is 0.0913. The van der Waals surface area contributed by atoms with E-state index in [-0.39, 0.29) is 23.4 Å². The van der Waals surface area contributed by atoms with E-state index in [1.165, 1.54) is 6.07 Å². The van der Waals surface area contributed by atoms with Gasteiger partial charge in [0.15, 0.2) is 0 Å². The second kappa shape index (κ2) is 8.96. The summed E-state index contributed by atoms with van der Waals surface area (Å²) in [6, 6.07) is 12.2. The Morgan fingerprint density at radius 3 is 2.76 bits per heavy atom. The van der Waals surface area contributed by atoms with Crippen molar-refractivity contribution in [2.24, 2.45) is 0 Å². The highest BCUT2D eigenvalue weighted by molar-refractivity contribution is 5.91. The first-order valence-corrected chi connectivity index (χ1v) is 9.78. The number of nitrogens with zero attached hydrogens (tertiary/aromatic N) is 3. The van der Waals surface area contributed by atoms with Crippen LogP contribution in [0.4, 0.5) is 4.39 Å². The van der Waals surface area contributed by atoms with Gasteiger partial charge in [0, 0.05) is 37.5 Å². The molecule has 2 aromatic heterocycles. The summed E-state index contributed by atoms with van der Waals surface area (Å²) in [4.78, 5) is 18.6. The third-order valence-electron chi connectivity index (χ3n) is 5.23. The summed E-state index contributed by atoms with van der Waals surface area (Å²) in [6.45, 7) is 2.93. The van der Waals surface area contributed by atoms with Crippen LogP contribution in [0.2, 0.25) is 0 Å². The van der Waals surface area contributed by atoms with Crippen LogP contribution in [0.15, 0.2) is 59.4 Å². The zero-order valence-corrected chi connectivity index (χ0v) is 16.1. The van der Waals surface area contributed by atoms with Crippen molar-refractivity contribution >= 4 is 5.91 Å². The number of likely N-dealkylation sites (tertiary alicyclic amines) is 1. The first-order chi connectivity index (χ1) is 14.2. The maximum Gasteiger partial charge on any atom is 0.290 e. The molecule has 1 amide bonds. The summed E-state index contributed by atoms with van der Waals surface area (Å²) in [5.41, 5.74) is 2.73.